The van der Waals surface area contributed by atoms with Gasteiger partial charge in [0, 0.05) is 36.1 Å². The maximum atomic E-state index is 12.5. The molecule has 1 atom stereocenters. The smallest absolute Gasteiger partial charge is 0.220 e. The predicted molar refractivity (Wildman–Crippen MR) is 110 cm³/mol. The van der Waals surface area contributed by atoms with Crippen LogP contribution < -0.4 is 5.73 Å². The molecular formula is C22H28ClN3O. The fourth-order valence-electron chi connectivity index (χ4n) is 4.47. The van der Waals surface area contributed by atoms with E-state index in [0.717, 1.165) is 36.4 Å². The molecule has 0 saturated heterocycles. The van der Waals surface area contributed by atoms with Gasteiger partial charge in [0.1, 0.15) is 0 Å². The second-order valence-corrected chi connectivity index (χ2v) is 8.02. The average molecular weight is 386 g/mol. The maximum absolute atomic E-state index is 12.5. The number of aromatic nitrogens is 1. The Hall–Kier alpha value is -1.91. The third-order valence-electron chi connectivity index (χ3n) is 6.03. The van der Waals surface area contributed by atoms with E-state index in [1.54, 1.807) is 13.1 Å². The van der Waals surface area contributed by atoms with Gasteiger partial charge in [-0.15, -0.1) is 0 Å². The number of benzene rings is 1. The van der Waals surface area contributed by atoms with Crippen LogP contribution in [0.25, 0.3) is 0 Å². The molecule has 144 valence electrons. The van der Waals surface area contributed by atoms with Crippen molar-refractivity contribution in [3.05, 3.63) is 64.9 Å². The largest absolute Gasteiger partial charge is 0.332 e. The lowest BCUT2D eigenvalue weighted by Gasteiger charge is -2.45. The van der Waals surface area contributed by atoms with Crippen LogP contribution in [0.1, 0.15) is 56.8 Å². The van der Waals surface area contributed by atoms with Crippen LogP contribution in [-0.4, -0.2) is 28.4 Å². The molecule has 27 heavy (non-hydrogen) atoms. The van der Waals surface area contributed by atoms with Crippen LogP contribution in [-0.2, 0) is 10.2 Å². The Morgan fingerprint density at radius 3 is 2.59 bits per heavy atom. The number of carbonyl (C=O) groups excluding carboxylic acids is 1. The van der Waals surface area contributed by atoms with Gasteiger partial charge in [-0.05, 0) is 62.4 Å². The van der Waals surface area contributed by atoms with Crippen LogP contribution in [0.2, 0.25) is 5.02 Å². The van der Waals surface area contributed by atoms with Crippen molar-refractivity contribution in [2.75, 3.05) is 6.54 Å². The van der Waals surface area contributed by atoms with Crippen molar-refractivity contribution in [2.24, 2.45) is 5.73 Å². The van der Waals surface area contributed by atoms with Gasteiger partial charge in [0.15, 0.2) is 0 Å². The quantitative estimate of drug-likeness (QED) is 0.825. The standard InChI is InChI=1S/C22H28ClN3O/c1-16(21-8-3-4-13-25-21)26(17(2)27)20-9-11-22(15-24,12-10-20)18-6-5-7-19(23)14-18/h3-8,13-14,16,20H,9-12,15,24H2,1-2H3. The monoisotopic (exact) mass is 385 g/mol. The highest BCUT2D eigenvalue weighted by atomic mass is 35.5. The Morgan fingerprint density at radius 1 is 1.30 bits per heavy atom. The zero-order valence-electron chi connectivity index (χ0n) is 16.1. The van der Waals surface area contributed by atoms with Crippen molar-refractivity contribution in [3.8, 4) is 0 Å². The summed E-state index contributed by atoms with van der Waals surface area (Å²) in [5.74, 6) is 0.0983. The molecule has 0 aliphatic heterocycles. The maximum Gasteiger partial charge on any atom is 0.220 e. The third kappa shape index (κ3) is 4.17. The Balaban J connectivity index is 1.78. The van der Waals surface area contributed by atoms with E-state index < -0.39 is 0 Å². The Kier molecular flexibility index (Phi) is 6.18. The summed E-state index contributed by atoms with van der Waals surface area (Å²) < 4.78 is 0. The lowest BCUT2D eigenvalue weighted by molar-refractivity contribution is -0.134. The lowest BCUT2D eigenvalue weighted by Crippen LogP contribution is -2.47. The summed E-state index contributed by atoms with van der Waals surface area (Å²) in [5.41, 5.74) is 8.30. The number of amides is 1. The molecular weight excluding hydrogens is 358 g/mol. The number of rotatable bonds is 5. The average Bonchev–Trinajstić information content (AvgIpc) is 2.69. The van der Waals surface area contributed by atoms with Crippen molar-refractivity contribution in [1.82, 2.24) is 9.88 Å². The van der Waals surface area contributed by atoms with Gasteiger partial charge >= 0.3 is 0 Å². The number of halogens is 1. The van der Waals surface area contributed by atoms with Crippen LogP contribution in [0.4, 0.5) is 0 Å². The minimum atomic E-state index is -0.0574. The van der Waals surface area contributed by atoms with E-state index in [4.69, 9.17) is 17.3 Å². The summed E-state index contributed by atoms with van der Waals surface area (Å²) in [4.78, 5) is 18.9. The fraction of sp³-hybridized carbons (Fsp3) is 0.455. The molecule has 1 aromatic heterocycles. The Morgan fingerprint density at radius 2 is 2.04 bits per heavy atom. The van der Waals surface area contributed by atoms with Crippen molar-refractivity contribution in [3.63, 3.8) is 0 Å². The number of pyridine rings is 1. The molecule has 0 spiro atoms. The topological polar surface area (TPSA) is 59.2 Å². The molecule has 4 nitrogen and oxygen atoms in total. The van der Waals surface area contributed by atoms with Gasteiger partial charge in [-0.3, -0.25) is 9.78 Å². The van der Waals surface area contributed by atoms with E-state index in [9.17, 15) is 4.79 Å². The van der Waals surface area contributed by atoms with E-state index in [-0.39, 0.29) is 23.4 Å². The molecule has 1 unspecified atom stereocenters. The van der Waals surface area contributed by atoms with Crippen LogP contribution in [0.3, 0.4) is 0 Å². The molecule has 1 fully saturated rings. The van der Waals surface area contributed by atoms with Crippen LogP contribution >= 0.6 is 11.6 Å². The van der Waals surface area contributed by atoms with Gasteiger partial charge in [-0.2, -0.15) is 0 Å². The van der Waals surface area contributed by atoms with Crippen molar-refractivity contribution in [2.45, 2.75) is 57.0 Å². The summed E-state index contributed by atoms with van der Waals surface area (Å²) in [7, 11) is 0. The van der Waals surface area contributed by atoms with E-state index in [1.807, 2.05) is 41.3 Å². The molecule has 1 amide bonds. The number of carbonyl (C=O) groups is 1. The van der Waals surface area contributed by atoms with Crippen LogP contribution in [0.5, 0.6) is 0 Å². The number of nitrogens with zero attached hydrogens (tertiary/aromatic N) is 2. The van der Waals surface area contributed by atoms with Gasteiger partial charge < -0.3 is 10.6 Å². The lowest BCUT2D eigenvalue weighted by atomic mass is 9.68. The normalized spacial score (nSPS) is 23.6. The van der Waals surface area contributed by atoms with Gasteiger partial charge in [0.05, 0.1) is 11.7 Å². The highest BCUT2D eigenvalue weighted by molar-refractivity contribution is 6.30. The summed E-state index contributed by atoms with van der Waals surface area (Å²) >= 11 is 6.21. The van der Waals surface area contributed by atoms with Crippen LogP contribution in [0.15, 0.2) is 48.7 Å². The number of hydrogen-bond acceptors (Lipinski definition) is 3. The van der Waals surface area contributed by atoms with Gasteiger partial charge in [-0.1, -0.05) is 29.8 Å². The Bertz CT molecular complexity index is 772. The molecule has 0 bridgehead atoms. The molecule has 1 aliphatic rings. The molecule has 1 aliphatic carbocycles. The predicted octanol–water partition coefficient (Wildman–Crippen LogP) is 4.48. The minimum absolute atomic E-state index is 0.0368. The van der Waals surface area contributed by atoms with Crippen molar-refractivity contribution in [1.29, 1.82) is 0 Å². The summed E-state index contributed by atoms with van der Waals surface area (Å²) in [6.07, 6.45) is 5.55. The van der Waals surface area contributed by atoms with Crippen molar-refractivity contribution >= 4 is 17.5 Å². The molecule has 3 rings (SSSR count). The first-order valence-corrected chi connectivity index (χ1v) is 10.0. The highest BCUT2D eigenvalue weighted by Crippen LogP contribution is 2.42. The van der Waals surface area contributed by atoms with Gasteiger partial charge in [0.25, 0.3) is 0 Å². The first kappa shape index (κ1) is 19.8. The molecule has 2 N–H and O–H groups in total. The first-order valence-electron chi connectivity index (χ1n) is 9.63. The highest BCUT2D eigenvalue weighted by Gasteiger charge is 2.39. The first-order chi connectivity index (χ1) is 13.0. The summed E-state index contributed by atoms with van der Waals surface area (Å²) in [5, 5.41) is 0.747. The molecule has 1 heterocycles. The fourth-order valence-corrected chi connectivity index (χ4v) is 4.66. The second-order valence-electron chi connectivity index (χ2n) is 7.58. The van der Waals surface area contributed by atoms with E-state index >= 15 is 0 Å². The van der Waals surface area contributed by atoms with Gasteiger partial charge in [0.2, 0.25) is 5.91 Å². The minimum Gasteiger partial charge on any atom is -0.332 e. The molecule has 1 aromatic carbocycles. The number of hydrogen-bond donors (Lipinski definition) is 1. The number of nitrogens with two attached hydrogens (primary N) is 1. The van der Waals surface area contributed by atoms with E-state index in [0.29, 0.717) is 6.54 Å². The van der Waals surface area contributed by atoms with Crippen molar-refractivity contribution < 1.29 is 4.79 Å². The van der Waals surface area contributed by atoms with E-state index in [2.05, 4.69) is 18.0 Å². The second kappa shape index (κ2) is 8.41. The zero-order chi connectivity index (χ0) is 19.4. The van der Waals surface area contributed by atoms with Gasteiger partial charge in [-0.25, -0.2) is 0 Å². The molecule has 2 aromatic rings. The Labute approximate surface area is 166 Å². The van der Waals surface area contributed by atoms with E-state index in [1.165, 1.54) is 5.56 Å². The molecule has 1 saturated carbocycles. The molecule has 5 heteroatoms. The summed E-state index contributed by atoms with van der Waals surface area (Å²) in [6.45, 7) is 4.31. The zero-order valence-corrected chi connectivity index (χ0v) is 16.8. The summed E-state index contributed by atoms with van der Waals surface area (Å²) in [6, 6.07) is 14.1. The molecule has 0 radical (unpaired) electrons. The third-order valence-corrected chi connectivity index (χ3v) is 6.27. The van der Waals surface area contributed by atoms with Crippen LogP contribution in [0, 0.1) is 0 Å². The SMILES string of the molecule is CC(=O)N(C1CCC(CN)(c2cccc(Cl)c2)CC1)C(C)c1ccccn1.